The standard InChI is InChI=1S/C25H16N2O5/c1-32-15-8-6-7-14(13-15)26-23(28)21-20-16-9-2-4-11-18(16)25(27(30)31,22(21)24(26)29)19-12-5-3-10-17(19)20/h2-13,20H,1H3. The predicted octanol–water partition coefficient (Wildman–Crippen LogP) is 3.54. The number of rotatable bonds is 3. The second-order valence-corrected chi connectivity index (χ2v) is 8.01. The summed E-state index contributed by atoms with van der Waals surface area (Å²) in [6.07, 6.45) is 0. The van der Waals surface area contributed by atoms with Crippen LogP contribution in [0.3, 0.4) is 0 Å². The molecule has 2 amide bonds. The molecule has 0 fully saturated rings. The third kappa shape index (κ3) is 1.96. The van der Waals surface area contributed by atoms with Crippen LogP contribution in [0.2, 0.25) is 0 Å². The summed E-state index contributed by atoms with van der Waals surface area (Å²) >= 11 is 0. The van der Waals surface area contributed by atoms with Crippen molar-refractivity contribution in [1.29, 1.82) is 0 Å². The molecule has 0 N–H and O–H groups in total. The van der Waals surface area contributed by atoms with E-state index >= 15 is 0 Å². The van der Waals surface area contributed by atoms with Crippen molar-refractivity contribution >= 4 is 17.5 Å². The number of nitro groups is 1. The summed E-state index contributed by atoms with van der Waals surface area (Å²) in [5.41, 5.74) is 0.787. The summed E-state index contributed by atoms with van der Waals surface area (Å²) in [5.74, 6) is -1.25. The van der Waals surface area contributed by atoms with Crippen LogP contribution in [-0.4, -0.2) is 23.8 Å². The van der Waals surface area contributed by atoms with Gasteiger partial charge in [0.05, 0.1) is 12.8 Å². The molecule has 4 aliphatic rings. The van der Waals surface area contributed by atoms with Crippen molar-refractivity contribution in [2.24, 2.45) is 0 Å². The Hall–Kier alpha value is -4.26. The number of nitrogens with zero attached hydrogens (tertiary/aromatic N) is 2. The zero-order valence-electron chi connectivity index (χ0n) is 16.9. The van der Waals surface area contributed by atoms with Crippen LogP contribution in [0.25, 0.3) is 0 Å². The molecule has 0 saturated heterocycles. The predicted molar refractivity (Wildman–Crippen MR) is 115 cm³/mol. The first kappa shape index (κ1) is 18.5. The third-order valence-corrected chi connectivity index (χ3v) is 6.68. The lowest BCUT2D eigenvalue weighted by Gasteiger charge is -2.42. The second kappa shape index (κ2) is 6.13. The molecule has 0 spiro atoms. The molecule has 0 saturated carbocycles. The lowest BCUT2D eigenvalue weighted by atomic mass is 9.57. The van der Waals surface area contributed by atoms with E-state index in [4.69, 9.17) is 4.74 Å². The van der Waals surface area contributed by atoms with Crippen LogP contribution in [0, 0.1) is 10.1 Å². The molecule has 0 radical (unpaired) electrons. The molecule has 1 heterocycles. The van der Waals surface area contributed by atoms with Crippen molar-refractivity contribution in [2.75, 3.05) is 12.0 Å². The van der Waals surface area contributed by atoms with Crippen LogP contribution >= 0.6 is 0 Å². The molecule has 7 heteroatoms. The van der Waals surface area contributed by atoms with Gasteiger partial charge in [-0.15, -0.1) is 0 Å². The highest BCUT2D eigenvalue weighted by molar-refractivity contribution is 6.35. The van der Waals surface area contributed by atoms with Gasteiger partial charge in [0.1, 0.15) is 11.3 Å². The van der Waals surface area contributed by atoms with E-state index in [0.717, 1.165) is 4.90 Å². The van der Waals surface area contributed by atoms with Crippen molar-refractivity contribution in [3.63, 3.8) is 0 Å². The molecule has 0 aromatic heterocycles. The van der Waals surface area contributed by atoms with Crippen LogP contribution in [0.4, 0.5) is 5.69 Å². The zero-order valence-corrected chi connectivity index (χ0v) is 16.9. The number of hydrogen-bond donors (Lipinski definition) is 0. The van der Waals surface area contributed by atoms with Crippen LogP contribution in [0.15, 0.2) is 83.9 Å². The van der Waals surface area contributed by atoms with E-state index in [1.165, 1.54) is 7.11 Å². The number of hydrogen-bond acceptors (Lipinski definition) is 5. The van der Waals surface area contributed by atoms with Gasteiger partial charge >= 0.3 is 5.54 Å². The molecule has 3 aromatic carbocycles. The average molecular weight is 424 g/mol. The molecule has 32 heavy (non-hydrogen) atoms. The largest absolute Gasteiger partial charge is 0.497 e. The lowest BCUT2D eigenvalue weighted by Crippen LogP contribution is -2.49. The van der Waals surface area contributed by atoms with Crippen molar-refractivity contribution in [2.45, 2.75) is 11.5 Å². The average Bonchev–Trinajstić information content (AvgIpc) is 3.09. The summed E-state index contributed by atoms with van der Waals surface area (Å²) in [7, 11) is 1.49. The van der Waals surface area contributed by atoms with Crippen LogP contribution < -0.4 is 9.64 Å². The Kier molecular flexibility index (Phi) is 3.55. The fraction of sp³-hybridized carbons (Fsp3) is 0.120. The second-order valence-electron chi connectivity index (χ2n) is 8.01. The Morgan fingerprint density at radius 3 is 2.12 bits per heavy atom. The first-order valence-corrected chi connectivity index (χ1v) is 10.1. The van der Waals surface area contributed by atoms with E-state index in [-0.39, 0.29) is 11.1 Å². The molecular formula is C25H16N2O5. The quantitative estimate of drug-likeness (QED) is 0.364. The molecule has 1 aliphatic heterocycles. The smallest absolute Gasteiger partial charge is 0.303 e. The van der Waals surface area contributed by atoms with Crippen LogP contribution in [-0.2, 0) is 15.1 Å². The summed E-state index contributed by atoms with van der Waals surface area (Å²) in [6, 6.07) is 20.6. The van der Waals surface area contributed by atoms with Gasteiger partial charge in [-0.2, -0.15) is 0 Å². The Balaban J connectivity index is 1.67. The van der Waals surface area contributed by atoms with E-state index in [1.807, 2.05) is 12.1 Å². The number of carbonyl (C=O) groups is 2. The molecule has 3 aliphatic carbocycles. The first-order chi connectivity index (χ1) is 15.5. The van der Waals surface area contributed by atoms with E-state index in [1.54, 1.807) is 60.7 Å². The van der Waals surface area contributed by atoms with Gasteiger partial charge in [-0.3, -0.25) is 19.7 Å². The molecule has 7 nitrogen and oxygen atoms in total. The molecule has 2 bridgehead atoms. The molecule has 0 atom stereocenters. The zero-order chi connectivity index (χ0) is 22.2. The van der Waals surface area contributed by atoms with Crippen LogP contribution in [0.5, 0.6) is 5.75 Å². The minimum Gasteiger partial charge on any atom is -0.497 e. The highest BCUT2D eigenvalue weighted by Crippen LogP contribution is 2.61. The molecular weight excluding hydrogens is 408 g/mol. The number of imide groups is 1. The summed E-state index contributed by atoms with van der Waals surface area (Å²) in [5, 5.41) is 12.9. The number of benzene rings is 3. The Morgan fingerprint density at radius 1 is 0.906 bits per heavy atom. The highest BCUT2D eigenvalue weighted by atomic mass is 16.6. The lowest BCUT2D eigenvalue weighted by molar-refractivity contribution is -0.554. The van der Waals surface area contributed by atoms with E-state index < -0.39 is 28.2 Å². The maximum atomic E-state index is 13.8. The number of ether oxygens (including phenoxy) is 1. The third-order valence-electron chi connectivity index (χ3n) is 6.68. The minimum absolute atomic E-state index is 0.0577. The number of anilines is 1. The first-order valence-electron chi connectivity index (χ1n) is 10.1. The monoisotopic (exact) mass is 424 g/mol. The summed E-state index contributed by atoms with van der Waals surface area (Å²) in [4.78, 5) is 41.0. The van der Waals surface area contributed by atoms with Crippen molar-refractivity contribution in [1.82, 2.24) is 0 Å². The van der Waals surface area contributed by atoms with E-state index in [9.17, 15) is 19.7 Å². The SMILES string of the molecule is COc1cccc(N2C(=O)C3=C(C2=O)C2([N+](=O)[O-])c4ccccc4C3c3ccccc32)c1. The van der Waals surface area contributed by atoms with Crippen molar-refractivity contribution in [3.05, 3.63) is 116 Å². The maximum absolute atomic E-state index is 13.8. The Labute approximate surface area is 182 Å². The normalized spacial score (nSPS) is 22.5. The van der Waals surface area contributed by atoms with E-state index in [2.05, 4.69) is 0 Å². The molecule has 156 valence electrons. The summed E-state index contributed by atoms with van der Waals surface area (Å²) < 4.78 is 5.25. The Morgan fingerprint density at radius 2 is 1.53 bits per heavy atom. The maximum Gasteiger partial charge on any atom is 0.303 e. The molecule has 3 aromatic rings. The van der Waals surface area contributed by atoms with Crippen LogP contribution in [0.1, 0.15) is 28.2 Å². The van der Waals surface area contributed by atoms with Gasteiger partial charge in [0.25, 0.3) is 11.8 Å². The molecule has 0 unspecified atom stereocenters. The molecule has 7 rings (SSSR count). The number of methoxy groups -OCH3 is 1. The van der Waals surface area contributed by atoms with Gasteiger partial charge in [0.15, 0.2) is 0 Å². The van der Waals surface area contributed by atoms with Gasteiger partial charge in [-0.1, -0.05) is 54.6 Å². The topological polar surface area (TPSA) is 89.8 Å². The minimum atomic E-state index is -1.93. The van der Waals surface area contributed by atoms with Gasteiger partial charge in [0.2, 0.25) is 0 Å². The number of amides is 2. The fourth-order valence-corrected chi connectivity index (χ4v) is 5.49. The van der Waals surface area contributed by atoms with Gasteiger partial charge < -0.3 is 4.74 Å². The van der Waals surface area contributed by atoms with Crippen molar-refractivity contribution < 1.29 is 19.2 Å². The van der Waals surface area contributed by atoms with Gasteiger partial charge in [-0.25, -0.2) is 4.90 Å². The Bertz CT molecular complexity index is 1360. The van der Waals surface area contributed by atoms with Gasteiger partial charge in [-0.05, 0) is 23.3 Å². The van der Waals surface area contributed by atoms with Crippen molar-refractivity contribution in [3.8, 4) is 5.75 Å². The fourth-order valence-electron chi connectivity index (χ4n) is 5.49. The highest BCUT2D eigenvalue weighted by Gasteiger charge is 2.68. The number of carbonyl (C=O) groups excluding carboxylic acids is 2. The van der Waals surface area contributed by atoms with Gasteiger partial charge in [0, 0.05) is 33.6 Å². The van der Waals surface area contributed by atoms with E-state index in [0.29, 0.717) is 33.7 Å². The summed E-state index contributed by atoms with van der Waals surface area (Å²) in [6.45, 7) is 0.